The minimum absolute atomic E-state index is 0.558. The zero-order chi connectivity index (χ0) is 15.2. The zero-order valence-corrected chi connectivity index (χ0v) is 15.4. The first kappa shape index (κ1) is 17.1. The molecule has 0 amide bonds. The van der Waals surface area contributed by atoms with E-state index in [9.17, 15) is 0 Å². The summed E-state index contributed by atoms with van der Waals surface area (Å²) in [6.07, 6.45) is 8.37. The first-order valence-electron chi connectivity index (χ1n) is 8.09. The van der Waals surface area contributed by atoms with E-state index >= 15 is 0 Å². The van der Waals surface area contributed by atoms with Crippen LogP contribution in [0.4, 0.5) is 5.13 Å². The summed E-state index contributed by atoms with van der Waals surface area (Å²) >= 11 is 3.81. The molecule has 21 heavy (non-hydrogen) atoms. The second kappa shape index (κ2) is 8.39. The van der Waals surface area contributed by atoms with Crippen LogP contribution in [0.1, 0.15) is 50.1 Å². The van der Waals surface area contributed by atoms with Crippen LogP contribution >= 0.6 is 23.1 Å². The van der Waals surface area contributed by atoms with Crippen LogP contribution < -0.4 is 10.2 Å². The first-order valence-corrected chi connectivity index (χ1v) is 10.3. The number of thioether (sulfide) groups is 1. The van der Waals surface area contributed by atoms with Crippen LogP contribution in [0.2, 0.25) is 0 Å². The van der Waals surface area contributed by atoms with Crippen molar-refractivity contribution < 1.29 is 0 Å². The fourth-order valence-electron chi connectivity index (χ4n) is 2.29. The van der Waals surface area contributed by atoms with Crippen LogP contribution in [0.15, 0.2) is 0 Å². The van der Waals surface area contributed by atoms with Crippen LogP contribution in [0.3, 0.4) is 0 Å². The highest BCUT2D eigenvalue weighted by Gasteiger charge is 2.22. The van der Waals surface area contributed by atoms with E-state index in [0.717, 1.165) is 19.0 Å². The summed E-state index contributed by atoms with van der Waals surface area (Å²) in [5, 5.41) is 4.83. The molecule has 0 saturated heterocycles. The van der Waals surface area contributed by atoms with Crippen LogP contribution in [0.25, 0.3) is 0 Å². The molecule has 1 aliphatic rings. The van der Waals surface area contributed by atoms with E-state index in [-0.39, 0.29) is 0 Å². The number of aryl methyl sites for hydroxylation is 1. The van der Waals surface area contributed by atoms with Gasteiger partial charge in [0.15, 0.2) is 5.13 Å². The summed E-state index contributed by atoms with van der Waals surface area (Å²) < 4.78 is 0. The molecule has 0 radical (unpaired) electrons. The van der Waals surface area contributed by atoms with Crippen LogP contribution in [0, 0.1) is 0 Å². The largest absolute Gasteiger partial charge is 0.348 e. The summed E-state index contributed by atoms with van der Waals surface area (Å²) in [6, 6.07) is 1.32. The van der Waals surface area contributed by atoms with Crippen molar-refractivity contribution >= 4 is 28.2 Å². The van der Waals surface area contributed by atoms with Crippen molar-refractivity contribution in [2.24, 2.45) is 0 Å². The van der Waals surface area contributed by atoms with E-state index in [2.05, 4.69) is 37.4 Å². The van der Waals surface area contributed by atoms with Gasteiger partial charge in [0.2, 0.25) is 0 Å². The molecule has 5 heteroatoms. The van der Waals surface area contributed by atoms with Crippen molar-refractivity contribution in [3.8, 4) is 0 Å². The third-order valence-corrected chi connectivity index (χ3v) is 5.92. The predicted octanol–water partition coefficient (Wildman–Crippen LogP) is 3.93. The predicted molar refractivity (Wildman–Crippen MR) is 96.8 cm³/mol. The molecule has 1 atom stereocenters. The minimum Gasteiger partial charge on any atom is -0.348 e. The summed E-state index contributed by atoms with van der Waals surface area (Å²) in [7, 11) is 2.19. The maximum atomic E-state index is 4.93. The van der Waals surface area contributed by atoms with Crippen LogP contribution in [-0.2, 0) is 13.0 Å². The van der Waals surface area contributed by atoms with Gasteiger partial charge in [-0.05, 0) is 44.6 Å². The van der Waals surface area contributed by atoms with Gasteiger partial charge in [-0.15, -0.1) is 11.3 Å². The van der Waals surface area contributed by atoms with Crippen molar-refractivity contribution in [3.63, 3.8) is 0 Å². The Balaban J connectivity index is 2.01. The average Bonchev–Trinajstić information content (AvgIpc) is 3.23. The minimum atomic E-state index is 0.558. The molecule has 120 valence electrons. The summed E-state index contributed by atoms with van der Waals surface area (Å²) in [4.78, 5) is 8.73. The molecule has 1 aliphatic carbocycles. The second-order valence-corrected chi connectivity index (χ2v) is 8.06. The van der Waals surface area contributed by atoms with E-state index in [4.69, 9.17) is 4.98 Å². The van der Waals surface area contributed by atoms with E-state index in [0.29, 0.717) is 6.04 Å². The number of aromatic nitrogens is 1. The van der Waals surface area contributed by atoms with Gasteiger partial charge in [-0.3, -0.25) is 0 Å². The normalized spacial score (nSPS) is 16.2. The Morgan fingerprint density at radius 2 is 2.24 bits per heavy atom. The second-order valence-electron chi connectivity index (χ2n) is 6.01. The molecule has 2 rings (SSSR count). The lowest BCUT2D eigenvalue weighted by Crippen LogP contribution is -2.29. The van der Waals surface area contributed by atoms with Crippen molar-refractivity contribution in [2.45, 2.75) is 64.6 Å². The molecular weight excluding hydrogens is 298 g/mol. The molecule has 1 aromatic rings. The maximum absolute atomic E-state index is 4.93. The van der Waals surface area contributed by atoms with E-state index in [1.165, 1.54) is 47.1 Å². The van der Waals surface area contributed by atoms with Crippen molar-refractivity contribution in [1.82, 2.24) is 10.3 Å². The van der Waals surface area contributed by atoms with Gasteiger partial charge in [-0.2, -0.15) is 11.8 Å². The zero-order valence-electron chi connectivity index (χ0n) is 13.8. The van der Waals surface area contributed by atoms with Gasteiger partial charge in [0.25, 0.3) is 0 Å². The molecule has 0 aromatic carbocycles. The van der Waals surface area contributed by atoms with E-state index < -0.39 is 0 Å². The average molecular weight is 328 g/mol. The number of nitrogens with one attached hydrogen (secondary N) is 1. The molecule has 1 N–H and O–H groups in total. The number of rotatable bonds is 10. The van der Waals surface area contributed by atoms with Crippen LogP contribution in [0.5, 0.6) is 0 Å². The number of anilines is 1. The highest BCUT2D eigenvalue weighted by atomic mass is 32.2. The summed E-state index contributed by atoms with van der Waals surface area (Å²) in [5.41, 5.74) is 1.31. The quantitative estimate of drug-likeness (QED) is 0.705. The Morgan fingerprint density at radius 3 is 2.86 bits per heavy atom. The molecule has 1 saturated carbocycles. The molecule has 0 bridgehead atoms. The van der Waals surface area contributed by atoms with Crippen molar-refractivity contribution in [3.05, 3.63) is 10.6 Å². The third-order valence-electron chi connectivity index (χ3n) is 4.09. The molecule has 1 fully saturated rings. The lowest BCUT2D eigenvalue weighted by Gasteiger charge is -2.23. The van der Waals surface area contributed by atoms with E-state index in [1.807, 2.05) is 23.1 Å². The number of thiazole rings is 1. The van der Waals surface area contributed by atoms with Gasteiger partial charge in [-0.25, -0.2) is 4.98 Å². The Hall–Kier alpha value is -0.260. The number of hydrogen-bond acceptors (Lipinski definition) is 5. The SMILES string of the molecule is CCCc1nc(N(C)C(C)CCSC)sc1CNC1CC1. The summed E-state index contributed by atoms with van der Waals surface area (Å²) in [5.74, 6) is 1.22. The van der Waals surface area contributed by atoms with Gasteiger partial charge in [0.1, 0.15) is 0 Å². The Morgan fingerprint density at radius 1 is 1.48 bits per heavy atom. The maximum Gasteiger partial charge on any atom is 0.185 e. The third kappa shape index (κ3) is 5.15. The highest BCUT2D eigenvalue weighted by molar-refractivity contribution is 7.98. The Bertz CT molecular complexity index is 429. The van der Waals surface area contributed by atoms with Gasteiger partial charge in [0.05, 0.1) is 5.69 Å². The van der Waals surface area contributed by atoms with E-state index in [1.54, 1.807) is 0 Å². The lowest BCUT2D eigenvalue weighted by molar-refractivity contribution is 0.665. The van der Waals surface area contributed by atoms with Crippen molar-refractivity contribution in [1.29, 1.82) is 0 Å². The molecule has 0 spiro atoms. The Kier molecular flexibility index (Phi) is 6.83. The Labute approximate surface area is 137 Å². The number of nitrogens with zero attached hydrogens (tertiary/aromatic N) is 2. The van der Waals surface area contributed by atoms with Gasteiger partial charge in [-0.1, -0.05) is 13.3 Å². The molecule has 1 unspecified atom stereocenters. The molecule has 1 heterocycles. The molecule has 1 aromatic heterocycles. The topological polar surface area (TPSA) is 28.2 Å². The van der Waals surface area contributed by atoms with Gasteiger partial charge < -0.3 is 10.2 Å². The lowest BCUT2D eigenvalue weighted by atomic mass is 10.2. The van der Waals surface area contributed by atoms with Gasteiger partial charge in [0, 0.05) is 30.6 Å². The smallest absolute Gasteiger partial charge is 0.185 e. The van der Waals surface area contributed by atoms with Crippen LogP contribution in [-0.4, -0.2) is 36.1 Å². The monoisotopic (exact) mass is 327 g/mol. The van der Waals surface area contributed by atoms with Gasteiger partial charge >= 0.3 is 0 Å². The molecular formula is C16H29N3S2. The standard InChI is InChI=1S/C16H29N3S2/c1-5-6-14-15(11-17-13-7-8-13)21-16(18-14)19(3)12(2)9-10-20-4/h12-13,17H,5-11H2,1-4H3. The fourth-order valence-corrected chi connectivity index (χ4v) is 3.98. The molecule has 0 aliphatic heterocycles. The number of hydrogen-bond donors (Lipinski definition) is 1. The first-order chi connectivity index (χ1) is 10.2. The fraction of sp³-hybridized carbons (Fsp3) is 0.812. The van der Waals surface area contributed by atoms with Crippen molar-refractivity contribution in [2.75, 3.05) is 24.0 Å². The summed E-state index contributed by atoms with van der Waals surface area (Å²) in [6.45, 7) is 5.55. The molecule has 3 nitrogen and oxygen atoms in total. The highest BCUT2D eigenvalue weighted by Crippen LogP contribution is 2.29.